The van der Waals surface area contributed by atoms with Gasteiger partial charge in [-0.05, 0) is 13.1 Å². The van der Waals surface area contributed by atoms with Gasteiger partial charge in [-0.2, -0.15) is 0 Å². The van der Waals surface area contributed by atoms with Crippen molar-refractivity contribution in [3.63, 3.8) is 0 Å². The topological polar surface area (TPSA) is 38.0 Å². The summed E-state index contributed by atoms with van der Waals surface area (Å²) in [5.41, 5.74) is 5.35. The Balaban J connectivity index is 0. The Hall–Kier alpha value is -0.500. The van der Waals surface area contributed by atoms with E-state index in [4.69, 9.17) is 5.73 Å². The van der Waals surface area contributed by atoms with Gasteiger partial charge in [-0.1, -0.05) is 26.3 Å². The molecular weight excluding hydrogens is 124 g/mol. The van der Waals surface area contributed by atoms with E-state index in [0.29, 0.717) is 0 Å². The first kappa shape index (κ1) is 12.2. The first-order chi connectivity index (χ1) is 4.68. The highest BCUT2D eigenvalue weighted by Crippen LogP contribution is 1.72. The molecule has 0 aliphatic heterocycles. The molecule has 0 fully saturated rings. The van der Waals surface area contributed by atoms with Gasteiger partial charge in [0.15, 0.2) is 0 Å². The normalized spacial score (nSPS) is 12.1. The van der Waals surface area contributed by atoms with Crippen LogP contribution in [0.25, 0.3) is 0 Å². The molecule has 0 heterocycles. The van der Waals surface area contributed by atoms with Crippen LogP contribution >= 0.6 is 0 Å². The van der Waals surface area contributed by atoms with Crippen molar-refractivity contribution in [3.05, 3.63) is 12.3 Å². The minimum Gasteiger partial charge on any atom is -0.394 e. The molecule has 0 aliphatic carbocycles. The molecule has 2 heteroatoms. The van der Waals surface area contributed by atoms with E-state index in [-0.39, 0.29) is 6.04 Å². The van der Waals surface area contributed by atoms with Crippen molar-refractivity contribution in [2.24, 2.45) is 5.73 Å². The standard InChI is InChI=1S/C5H12N2.C3H8/c1-5(6)3-4-7-2;1-3-2/h3-5,7H,6H2,1-2H3;3H2,1-2H3/b4-3-;. The summed E-state index contributed by atoms with van der Waals surface area (Å²) in [4.78, 5) is 0. The number of hydrogen-bond donors (Lipinski definition) is 2. The van der Waals surface area contributed by atoms with Crippen LogP contribution in [0.3, 0.4) is 0 Å². The maximum Gasteiger partial charge on any atom is 0.0211 e. The Bertz CT molecular complexity index is 67.7. The van der Waals surface area contributed by atoms with E-state index in [9.17, 15) is 0 Å². The summed E-state index contributed by atoms with van der Waals surface area (Å²) in [5.74, 6) is 0. The number of hydrogen-bond acceptors (Lipinski definition) is 2. The maximum atomic E-state index is 5.35. The van der Waals surface area contributed by atoms with Gasteiger partial charge in [0.2, 0.25) is 0 Å². The predicted molar refractivity (Wildman–Crippen MR) is 47.8 cm³/mol. The summed E-state index contributed by atoms with van der Waals surface area (Å²) in [6.07, 6.45) is 4.96. The first-order valence-corrected chi connectivity index (χ1v) is 3.78. The Kier molecular flexibility index (Phi) is 13.8. The van der Waals surface area contributed by atoms with Gasteiger partial charge in [0, 0.05) is 13.1 Å². The van der Waals surface area contributed by atoms with E-state index >= 15 is 0 Å². The second-order valence-corrected chi connectivity index (χ2v) is 2.21. The summed E-state index contributed by atoms with van der Waals surface area (Å²) >= 11 is 0. The third-order valence-electron chi connectivity index (χ3n) is 0.566. The highest BCUT2D eigenvalue weighted by Gasteiger charge is 1.77. The lowest BCUT2D eigenvalue weighted by atomic mass is 10.4. The Labute approximate surface area is 64.5 Å². The quantitative estimate of drug-likeness (QED) is 0.616. The lowest BCUT2D eigenvalue weighted by molar-refractivity contribution is 0.910. The molecule has 0 bridgehead atoms. The Morgan fingerprint density at radius 3 is 2.00 bits per heavy atom. The van der Waals surface area contributed by atoms with Crippen LogP contribution in [0.4, 0.5) is 0 Å². The molecule has 1 atom stereocenters. The van der Waals surface area contributed by atoms with Crippen LogP contribution in [0.15, 0.2) is 12.3 Å². The fourth-order valence-electron chi connectivity index (χ4n) is 0.248. The van der Waals surface area contributed by atoms with Gasteiger partial charge < -0.3 is 11.1 Å². The fourth-order valence-corrected chi connectivity index (χ4v) is 0.248. The third kappa shape index (κ3) is 25.9. The van der Waals surface area contributed by atoms with Crippen LogP contribution in [0, 0.1) is 0 Å². The molecule has 3 N–H and O–H groups in total. The molecule has 0 spiro atoms. The number of nitrogens with one attached hydrogen (secondary N) is 1. The van der Waals surface area contributed by atoms with Crippen molar-refractivity contribution in [2.75, 3.05) is 7.05 Å². The van der Waals surface area contributed by atoms with E-state index < -0.39 is 0 Å². The van der Waals surface area contributed by atoms with Crippen LogP contribution < -0.4 is 11.1 Å². The second kappa shape index (κ2) is 11.3. The first-order valence-electron chi connectivity index (χ1n) is 3.78. The summed E-state index contributed by atoms with van der Waals surface area (Å²) in [6, 6.07) is 0.160. The monoisotopic (exact) mass is 144 g/mol. The Morgan fingerprint density at radius 1 is 1.50 bits per heavy atom. The molecule has 10 heavy (non-hydrogen) atoms. The molecule has 0 aromatic rings. The van der Waals surface area contributed by atoms with Gasteiger partial charge in [-0.15, -0.1) is 0 Å². The Morgan fingerprint density at radius 2 is 1.90 bits per heavy atom. The smallest absolute Gasteiger partial charge is 0.0211 e. The molecule has 1 unspecified atom stereocenters. The molecule has 0 aromatic carbocycles. The highest BCUT2D eigenvalue weighted by atomic mass is 14.8. The van der Waals surface area contributed by atoms with Gasteiger partial charge >= 0.3 is 0 Å². The van der Waals surface area contributed by atoms with Crippen molar-refractivity contribution in [2.45, 2.75) is 33.2 Å². The molecule has 0 aliphatic rings. The summed E-state index contributed by atoms with van der Waals surface area (Å²) in [7, 11) is 1.85. The lowest BCUT2D eigenvalue weighted by Crippen LogP contribution is -2.11. The highest BCUT2D eigenvalue weighted by molar-refractivity contribution is 4.85. The van der Waals surface area contributed by atoms with Crippen LogP contribution in [-0.2, 0) is 0 Å². The fraction of sp³-hybridized carbons (Fsp3) is 0.750. The minimum atomic E-state index is 0.160. The van der Waals surface area contributed by atoms with E-state index in [1.54, 1.807) is 0 Å². The van der Waals surface area contributed by atoms with Gasteiger partial charge in [0.05, 0.1) is 0 Å². The molecule has 0 radical (unpaired) electrons. The van der Waals surface area contributed by atoms with E-state index in [1.807, 2.05) is 26.2 Å². The van der Waals surface area contributed by atoms with Crippen molar-refractivity contribution in [1.82, 2.24) is 5.32 Å². The van der Waals surface area contributed by atoms with E-state index in [1.165, 1.54) is 6.42 Å². The van der Waals surface area contributed by atoms with Crippen molar-refractivity contribution < 1.29 is 0 Å². The molecular formula is C8H20N2. The number of nitrogens with two attached hydrogens (primary N) is 1. The van der Waals surface area contributed by atoms with Gasteiger partial charge in [-0.3, -0.25) is 0 Å². The van der Waals surface area contributed by atoms with Crippen LogP contribution in [0.1, 0.15) is 27.2 Å². The van der Waals surface area contributed by atoms with E-state index in [2.05, 4.69) is 19.2 Å². The van der Waals surface area contributed by atoms with Gasteiger partial charge in [0.25, 0.3) is 0 Å². The largest absolute Gasteiger partial charge is 0.394 e. The van der Waals surface area contributed by atoms with Crippen LogP contribution in [0.2, 0.25) is 0 Å². The molecule has 0 saturated carbocycles. The zero-order chi connectivity index (χ0) is 8.41. The zero-order valence-corrected chi connectivity index (χ0v) is 7.52. The molecule has 0 amide bonds. The average Bonchev–Trinajstić information content (AvgIpc) is 1.85. The average molecular weight is 144 g/mol. The summed E-state index contributed by atoms with van der Waals surface area (Å²) in [6.45, 7) is 6.17. The van der Waals surface area contributed by atoms with Crippen molar-refractivity contribution in [1.29, 1.82) is 0 Å². The molecule has 0 aromatic heterocycles. The summed E-state index contributed by atoms with van der Waals surface area (Å²) in [5, 5.41) is 2.84. The number of rotatable bonds is 2. The van der Waals surface area contributed by atoms with Crippen LogP contribution in [0.5, 0.6) is 0 Å². The summed E-state index contributed by atoms with van der Waals surface area (Å²) < 4.78 is 0. The van der Waals surface area contributed by atoms with Crippen molar-refractivity contribution >= 4 is 0 Å². The SMILES string of the molecule is CCC.CN/C=C\C(C)N. The second-order valence-electron chi connectivity index (χ2n) is 2.21. The van der Waals surface area contributed by atoms with Crippen molar-refractivity contribution in [3.8, 4) is 0 Å². The maximum absolute atomic E-state index is 5.35. The zero-order valence-electron chi connectivity index (χ0n) is 7.52. The third-order valence-corrected chi connectivity index (χ3v) is 0.566. The molecule has 0 saturated heterocycles. The minimum absolute atomic E-state index is 0.160. The lowest BCUT2D eigenvalue weighted by Gasteiger charge is -1.91. The van der Waals surface area contributed by atoms with E-state index in [0.717, 1.165) is 0 Å². The van der Waals surface area contributed by atoms with Gasteiger partial charge in [0.1, 0.15) is 0 Å². The molecule has 0 rings (SSSR count). The predicted octanol–water partition coefficient (Wildman–Crippen LogP) is 1.48. The van der Waals surface area contributed by atoms with Gasteiger partial charge in [-0.25, -0.2) is 0 Å². The molecule has 2 nitrogen and oxygen atoms in total. The van der Waals surface area contributed by atoms with Crippen LogP contribution in [-0.4, -0.2) is 13.1 Å². The molecule has 62 valence electrons.